The maximum Gasteiger partial charge on any atom is 0.265 e. The van der Waals surface area contributed by atoms with Gasteiger partial charge in [-0.15, -0.1) is 0 Å². The normalized spacial score (nSPS) is 10.9. The third kappa shape index (κ3) is 4.61. The number of carbonyl (C=O) groups is 1. The van der Waals surface area contributed by atoms with E-state index in [0.717, 1.165) is 5.56 Å². The fourth-order valence-electron chi connectivity index (χ4n) is 2.90. The van der Waals surface area contributed by atoms with Crippen LogP contribution in [0, 0.1) is 5.82 Å². The number of aromatic nitrogens is 2. The van der Waals surface area contributed by atoms with Crippen molar-refractivity contribution < 1.29 is 13.9 Å². The predicted octanol–water partition coefficient (Wildman–Crippen LogP) is 2.74. The first kappa shape index (κ1) is 19.7. The van der Waals surface area contributed by atoms with Gasteiger partial charge in [-0.25, -0.2) is 9.37 Å². The van der Waals surface area contributed by atoms with Crippen molar-refractivity contribution in [3.63, 3.8) is 0 Å². The Morgan fingerprint density at radius 2 is 2.04 bits per heavy atom. The summed E-state index contributed by atoms with van der Waals surface area (Å²) in [6.45, 7) is 3.69. The first-order valence-electron chi connectivity index (χ1n) is 9.19. The molecule has 0 fully saturated rings. The van der Waals surface area contributed by atoms with E-state index in [1.54, 1.807) is 36.5 Å². The van der Waals surface area contributed by atoms with Gasteiger partial charge in [-0.2, -0.15) is 0 Å². The molecule has 3 aromatic rings. The van der Waals surface area contributed by atoms with E-state index in [4.69, 9.17) is 4.74 Å². The largest absolute Gasteiger partial charge is 0.382 e. The van der Waals surface area contributed by atoms with E-state index in [-0.39, 0.29) is 17.9 Å². The maximum absolute atomic E-state index is 13.2. The van der Waals surface area contributed by atoms with E-state index < -0.39 is 11.5 Å². The van der Waals surface area contributed by atoms with Crippen molar-refractivity contribution in [2.24, 2.45) is 0 Å². The van der Waals surface area contributed by atoms with Crippen LogP contribution in [0.4, 0.5) is 4.39 Å². The zero-order valence-corrected chi connectivity index (χ0v) is 15.7. The summed E-state index contributed by atoms with van der Waals surface area (Å²) in [5, 5.41) is 3.44. The molecule has 7 heteroatoms. The third-order valence-electron chi connectivity index (χ3n) is 4.30. The quantitative estimate of drug-likeness (QED) is 0.607. The predicted molar refractivity (Wildman–Crippen MR) is 105 cm³/mol. The highest BCUT2D eigenvalue weighted by molar-refractivity contribution is 5.96. The molecule has 0 saturated heterocycles. The summed E-state index contributed by atoms with van der Waals surface area (Å²) in [5.74, 6) is -0.778. The first-order valence-corrected chi connectivity index (χ1v) is 9.19. The van der Waals surface area contributed by atoms with Gasteiger partial charge in [-0.3, -0.25) is 14.2 Å². The summed E-state index contributed by atoms with van der Waals surface area (Å²) in [4.78, 5) is 29.8. The molecular weight excluding hydrogens is 361 g/mol. The SMILES string of the molecule is CCOCCCNC(=O)c1cc2cccnc2n(Cc2ccc(F)cc2)c1=O. The van der Waals surface area contributed by atoms with Crippen LogP contribution in [0.15, 0.2) is 53.5 Å². The number of hydrogen-bond donors (Lipinski definition) is 1. The number of rotatable bonds is 8. The highest BCUT2D eigenvalue weighted by atomic mass is 19.1. The molecule has 6 nitrogen and oxygen atoms in total. The second kappa shape index (κ2) is 9.23. The number of nitrogens with one attached hydrogen (secondary N) is 1. The molecule has 28 heavy (non-hydrogen) atoms. The molecule has 1 aromatic carbocycles. The summed E-state index contributed by atoms with van der Waals surface area (Å²) in [6, 6.07) is 11.0. The second-order valence-corrected chi connectivity index (χ2v) is 6.30. The number of fused-ring (bicyclic) bond motifs is 1. The zero-order chi connectivity index (χ0) is 19.9. The van der Waals surface area contributed by atoms with Gasteiger partial charge in [0.15, 0.2) is 0 Å². The number of pyridine rings is 2. The minimum Gasteiger partial charge on any atom is -0.382 e. The van der Waals surface area contributed by atoms with Gasteiger partial charge in [0.05, 0.1) is 6.54 Å². The molecule has 1 amide bonds. The van der Waals surface area contributed by atoms with E-state index >= 15 is 0 Å². The van der Waals surface area contributed by atoms with Gasteiger partial charge >= 0.3 is 0 Å². The van der Waals surface area contributed by atoms with Gasteiger partial charge in [-0.1, -0.05) is 12.1 Å². The Labute approximate surface area is 162 Å². The molecule has 0 aliphatic carbocycles. The Morgan fingerprint density at radius 3 is 2.79 bits per heavy atom. The van der Waals surface area contributed by atoms with Gasteiger partial charge in [0, 0.05) is 31.3 Å². The van der Waals surface area contributed by atoms with Crippen molar-refractivity contribution in [1.29, 1.82) is 0 Å². The van der Waals surface area contributed by atoms with E-state index in [0.29, 0.717) is 37.2 Å². The number of nitrogens with zero attached hydrogens (tertiary/aromatic N) is 2. The van der Waals surface area contributed by atoms with Gasteiger partial charge < -0.3 is 10.1 Å². The lowest BCUT2D eigenvalue weighted by Gasteiger charge is -2.12. The Balaban J connectivity index is 1.91. The van der Waals surface area contributed by atoms with Crippen LogP contribution < -0.4 is 10.9 Å². The molecule has 0 unspecified atom stereocenters. The molecule has 0 saturated carbocycles. The van der Waals surface area contributed by atoms with E-state index in [1.807, 2.05) is 6.92 Å². The van der Waals surface area contributed by atoms with Crippen molar-refractivity contribution in [2.75, 3.05) is 19.8 Å². The van der Waals surface area contributed by atoms with Crippen LogP contribution in [0.25, 0.3) is 11.0 Å². The van der Waals surface area contributed by atoms with E-state index in [1.165, 1.54) is 16.7 Å². The minimum absolute atomic E-state index is 0.0546. The number of hydrogen-bond acceptors (Lipinski definition) is 4. The Hall–Kier alpha value is -3.06. The summed E-state index contributed by atoms with van der Waals surface area (Å²) in [6.07, 6.45) is 2.26. The van der Waals surface area contributed by atoms with Crippen molar-refractivity contribution in [3.8, 4) is 0 Å². The molecule has 0 bridgehead atoms. The van der Waals surface area contributed by atoms with Gasteiger partial charge in [0.25, 0.3) is 11.5 Å². The zero-order valence-electron chi connectivity index (χ0n) is 15.7. The van der Waals surface area contributed by atoms with Crippen molar-refractivity contribution in [3.05, 3.63) is 76.0 Å². The van der Waals surface area contributed by atoms with Crippen molar-refractivity contribution >= 4 is 16.9 Å². The monoisotopic (exact) mass is 383 g/mol. The fraction of sp³-hybridized carbons (Fsp3) is 0.286. The molecule has 1 N–H and O–H groups in total. The average Bonchev–Trinajstić information content (AvgIpc) is 2.71. The molecule has 0 radical (unpaired) electrons. The summed E-state index contributed by atoms with van der Waals surface area (Å²) in [5.41, 5.74) is 0.839. The van der Waals surface area contributed by atoms with Gasteiger partial charge in [0.1, 0.15) is 17.0 Å². The maximum atomic E-state index is 13.2. The van der Waals surface area contributed by atoms with Crippen molar-refractivity contribution in [2.45, 2.75) is 19.9 Å². The summed E-state index contributed by atoms with van der Waals surface area (Å²) < 4.78 is 19.9. The lowest BCUT2D eigenvalue weighted by molar-refractivity contribution is 0.0942. The number of benzene rings is 1. The summed E-state index contributed by atoms with van der Waals surface area (Å²) in [7, 11) is 0. The minimum atomic E-state index is -0.433. The van der Waals surface area contributed by atoms with Crippen LogP contribution in [0.2, 0.25) is 0 Å². The van der Waals surface area contributed by atoms with E-state index in [2.05, 4.69) is 10.3 Å². The molecule has 3 rings (SSSR count). The number of ether oxygens (including phenoxy) is 1. The Bertz CT molecular complexity index is 1020. The Morgan fingerprint density at radius 1 is 1.25 bits per heavy atom. The molecule has 0 aliphatic rings. The van der Waals surface area contributed by atoms with Gasteiger partial charge in [0.2, 0.25) is 0 Å². The molecule has 0 spiro atoms. The molecule has 2 heterocycles. The molecule has 2 aromatic heterocycles. The number of carbonyl (C=O) groups excluding carboxylic acids is 1. The highest BCUT2D eigenvalue weighted by Gasteiger charge is 2.16. The molecular formula is C21H22FN3O3. The first-order chi connectivity index (χ1) is 13.6. The van der Waals surface area contributed by atoms with Crippen LogP contribution in [-0.4, -0.2) is 35.2 Å². The van der Waals surface area contributed by atoms with Crippen LogP contribution in [0.1, 0.15) is 29.3 Å². The molecule has 146 valence electrons. The van der Waals surface area contributed by atoms with Crippen LogP contribution in [-0.2, 0) is 11.3 Å². The van der Waals surface area contributed by atoms with Crippen molar-refractivity contribution in [1.82, 2.24) is 14.9 Å². The number of amides is 1. The Kier molecular flexibility index (Phi) is 6.49. The van der Waals surface area contributed by atoms with E-state index in [9.17, 15) is 14.0 Å². The van der Waals surface area contributed by atoms with Gasteiger partial charge in [-0.05, 0) is 49.2 Å². The molecule has 0 aliphatic heterocycles. The standard InChI is InChI=1S/C21H22FN3O3/c1-2-28-12-4-11-24-20(26)18-13-16-5-3-10-23-19(16)25(21(18)27)14-15-6-8-17(22)9-7-15/h3,5-10,13H,2,4,11-12,14H2,1H3,(H,24,26). The lowest BCUT2D eigenvalue weighted by Crippen LogP contribution is -2.34. The highest BCUT2D eigenvalue weighted by Crippen LogP contribution is 2.13. The third-order valence-corrected chi connectivity index (χ3v) is 4.30. The van der Waals surface area contributed by atoms with Crippen LogP contribution >= 0.6 is 0 Å². The average molecular weight is 383 g/mol. The smallest absolute Gasteiger partial charge is 0.265 e. The van der Waals surface area contributed by atoms with Crippen LogP contribution in [0.3, 0.4) is 0 Å². The van der Waals surface area contributed by atoms with Crippen LogP contribution in [0.5, 0.6) is 0 Å². The number of halogens is 1. The molecule has 0 atom stereocenters. The second-order valence-electron chi connectivity index (χ2n) is 6.30. The topological polar surface area (TPSA) is 73.2 Å². The lowest BCUT2D eigenvalue weighted by atomic mass is 10.1. The summed E-state index contributed by atoms with van der Waals surface area (Å²) >= 11 is 0. The fourth-order valence-corrected chi connectivity index (χ4v) is 2.90.